The molecule has 2 aromatic rings. The maximum Gasteiger partial charge on any atom is 0.134 e. The number of thiophene rings is 1. The van der Waals surface area contributed by atoms with E-state index in [4.69, 9.17) is 0 Å². The fraction of sp³-hybridized carbons (Fsp3) is 0.333. The van der Waals surface area contributed by atoms with Gasteiger partial charge < -0.3 is 5.32 Å². The van der Waals surface area contributed by atoms with Gasteiger partial charge in [0.25, 0.3) is 0 Å². The molecule has 1 aromatic carbocycles. The first-order valence-corrected chi connectivity index (χ1v) is 7.26. The lowest BCUT2D eigenvalue weighted by atomic mass is 10.1. The highest BCUT2D eigenvalue weighted by Crippen LogP contribution is 2.35. The number of benzene rings is 1. The molecule has 19 heavy (non-hydrogen) atoms. The summed E-state index contributed by atoms with van der Waals surface area (Å²) in [6.07, 6.45) is 0.952. The van der Waals surface area contributed by atoms with Crippen LogP contribution in [0.25, 0.3) is 10.4 Å². The Kier molecular flexibility index (Phi) is 4.66. The van der Waals surface area contributed by atoms with E-state index in [1.165, 1.54) is 29.5 Å². The van der Waals surface area contributed by atoms with Crippen LogP contribution in [-0.2, 0) is 0 Å². The largest absolute Gasteiger partial charge is 0.310 e. The van der Waals surface area contributed by atoms with Gasteiger partial charge in [-0.05, 0) is 37.2 Å². The molecule has 0 aliphatic carbocycles. The summed E-state index contributed by atoms with van der Waals surface area (Å²) >= 11 is 1.44. The summed E-state index contributed by atoms with van der Waals surface area (Å²) in [5.74, 6) is -1.02. The van der Waals surface area contributed by atoms with Gasteiger partial charge in [0.2, 0.25) is 0 Å². The van der Waals surface area contributed by atoms with E-state index >= 15 is 0 Å². The first-order valence-electron chi connectivity index (χ1n) is 6.44. The molecule has 0 saturated heterocycles. The molecule has 102 valence electrons. The number of halogens is 2. The molecule has 0 aliphatic heterocycles. The van der Waals surface area contributed by atoms with Gasteiger partial charge in [-0.3, -0.25) is 0 Å². The first-order chi connectivity index (χ1) is 9.17. The zero-order valence-corrected chi connectivity index (χ0v) is 11.9. The van der Waals surface area contributed by atoms with Gasteiger partial charge in [0.1, 0.15) is 11.6 Å². The van der Waals surface area contributed by atoms with Gasteiger partial charge in [-0.1, -0.05) is 19.9 Å². The second kappa shape index (κ2) is 6.26. The summed E-state index contributed by atoms with van der Waals surface area (Å²) < 4.78 is 27.5. The van der Waals surface area contributed by atoms with E-state index in [1.54, 1.807) is 6.07 Å². The summed E-state index contributed by atoms with van der Waals surface area (Å²) in [5.41, 5.74) is 0.0742. The predicted octanol–water partition coefficient (Wildman–Crippen LogP) is 4.75. The molecule has 0 radical (unpaired) electrons. The number of hydrogen-bond acceptors (Lipinski definition) is 2. The minimum Gasteiger partial charge on any atom is -0.310 e. The zero-order valence-electron chi connectivity index (χ0n) is 11.0. The van der Waals surface area contributed by atoms with Crippen molar-refractivity contribution in [2.45, 2.75) is 26.3 Å². The number of hydrogen-bond donors (Lipinski definition) is 1. The average Bonchev–Trinajstić information content (AvgIpc) is 2.85. The highest BCUT2D eigenvalue weighted by Gasteiger charge is 2.16. The Hall–Kier alpha value is -1.26. The molecule has 1 N–H and O–H groups in total. The molecule has 1 heterocycles. The Morgan fingerprint density at radius 3 is 2.37 bits per heavy atom. The van der Waals surface area contributed by atoms with Crippen LogP contribution in [0, 0.1) is 11.6 Å². The number of nitrogens with one attached hydrogen (secondary N) is 1. The first kappa shape index (κ1) is 14.2. The van der Waals surface area contributed by atoms with Crippen LogP contribution in [0.15, 0.2) is 30.3 Å². The van der Waals surface area contributed by atoms with Crippen molar-refractivity contribution in [3.05, 3.63) is 46.8 Å². The van der Waals surface area contributed by atoms with E-state index in [0.717, 1.165) is 17.8 Å². The van der Waals surface area contributed by atoms with E-state index < -0.39 is 11.6 Å². The van der Waals surface area contributed by atoms with Crippen molar-refractivity contribution in [1.82, 2.24) is 5.32 Å². The monoisotopic (exact) mass is 281 g/mol. The highest BCUT2D eigenvalue weighted by molar-refractivity contribution is 7.15. The van der Waals surface area contributed by atoms with Crippen LogP contribution in [0.3, 0.4) is 0 Å². The zero-order chi connectivity index (χ0) is 13.8. The fourth-order valence-corrected chi connectivity index (χ4v) is 3.32. The Morgan fingerprint density at radius 1 is 1.11 bits per heavy atom. The quantitative estimate of drug-likeness (QED) is 0.833. The van der Waals surface area contributed by atoms with Gasteiger partial charge in [0.15, 0.2) is 0 Å². The lowest BCUT2D eigenvalue weighted by Crippen LogP contribution is -2.18. The van der Waals surface area contributed by atoms with E-state index in [9.17, 15) is 8.78 Å². The minimum atomic E-state index is -0.509. The van der Waals surface area contributed by atoms with E-state index in [1.807, 2.05) is 13.0 Å². The maximum absolute atomic E-state index is 13.7. The molecule has 1 aromatic heterocycles. The van der Waals surface area contributed by atoms with Crippen molar-refractivity contribution in [2.24, 2.45) is 0 Å². The lowest BCUT2D eigenvalue weighted by molar-refractivity contribution is 0.545. The molecule has 1 atom stereocenters. The van der Waals surface area contributed by atoms with Crippen molar-refractivity contribution >= 4 is 11.3 Å². The molecule has 1 unspecified atom stereocenters. The molecule has 2 rings (SSSR count). The van der Waals surface area contributed by atoms with Crippen LogP contribution >= 0.6 is 11.3 Å². The Balaban J connectivity index is 2.35. The molecule has 0 bridgehead atoms. The molecule has 0 saturated carbocycles. The van der Waals surface area contributed by atoms with Gasteiger partial charge in [0, 0.05) is 15.8 Å². The molecule has 0 spiro atoms. The van der Waals surface area contributed by atoms with Gasteiger partial charge in [-0.2, -0.15) is 0 Å². The van der Waals surface area contributed by atoms with Gasteiger partial charge in [-0.15, -0.1) is 11.3 Å². The lowest BCUT2D eigenvalue weighted by Gasteiger charge is -2.13. The van der Waals surface area contributed by atoms with Crippen molar-refractivity contribution < 1.29 is 8.78 Å². The topological polar surface area (TPSA) is 12.0 Å². The molecule has 0 amide bonds. The van der Waals surface area contributed by atoms with Crippen LogP contribution in [0.4, 0.5) is 8.78 Å². The summed E-state index contributed by atoms with van der Waals surface area (Å²) in [4.78, 5) is 1.75. The van der Waals surface area contributed by atoms with Crippen LogP contribution in [0.2, 0.25) is 0 Å². The third kappa shape index (κ3) is 3.01. The Bertz CT molecular complexity index is 531. The third-order valence-electron chi connectivity index (χ3n) is 3.04. The smallest absolute Gasteiger partial charge is 0.134 e. The minimum absolute atomic E-state index is 0.0742. The van der Waals surface area contributed by atoms with E-state index in [-0.39, 0.29) is 11.6 Å². The highest BCUT2D eigenvalue weighted by atomic mass is 32.1. The molecular weight excluding hydrogens is 264 g/mol. The van der Waals surface area contributed by atoms with Crippen molar-refractivity contribution in [3.8, 4) is 10.4 Å². The normalized spacial score (nSPS) is 12.6. The van der Waals surface area contributed by atoms with E-state index in [0.29, 0.717) is 4.88 Å². The SMILES string of the molecule is CCNC(CC)c1ccc(-c2c(F)cccc2F)s1. The summed E-state index contributed by atoms with van der Waals surface area (Å²) in [7, 11) is 0. The van der Waals surface area contributed by atoms with Crippen LogP contribution in [0.1, 0.15) is 31.2 Å². The molecule has 0 aliphatic rings. The van der Waals surface area contributed by atoms with Gasteiger partial charge in [-0.25, -0.2) is 8.78 Å². The van der Waals surface area contributed by atoms with Crippen molar-refractivity contribution in [1.29, 1.82) is 0 Å². The van der Waals surface area contributed by atoms with Gasteiger partial charge >= 0.3 is 0 Å². The molecule has 4 heteroatoms. The van der Waals surface area contributed by atoms with Crippen molar-refractivity contribution in [3.63, 3.8) is 0 Å². The predicted molar refractivity (Wildman–Crippen MR) is 76.4 cm³/mol. The number of rotatable bonds is 5. The molecular formula is C15H17F2NS. The van der Waals surface area contributed by atoms with Crippen LogP contribution in [-0.4, -0.2) is 6.54 Å². The molecule has 0 fully saturated rings. The van der Waals surface area contributed by atoms with Crippen LogP contribution < -0.4 is 5.32 Å². The standard InChI is InChI=1S/C15H17F2NS/c1-3-12(18-4-2)13-8-9-14(19-13)15-10(16)6-5-7-11(15)17/h5-9,12,18H,3-4H2,1-2H3. The molecule has 1 nitrogen and oxygen atoms in total. The maximum atomic E-state index is 13.7. The summed E-state index contributed by atoms with van der Waals surface area (Å²) in [6.45, 7) is 5.02. The van der Waals surface area contributed by atoms with Crippen LogP contribution in [0.5, 0.6) is 0 Å². The fourth-order valence-electron chi connectivity index (χ4n) is 2.10. The Morgan fingerprint density at radius 2 is 1.79 bits per heavy atom. The summed E-state index contributed by atoms with van der Waals surface area (Å²) in [6, 6.07) is 7.96. The summed E-state index contributed by atoms with van der Waals surface area (Å²) in [5, 5.41) is 3.37. The van der Waals surface area contributed by atoms with Crippen molar-refractivity contribution in [2.75, 3.05) is 6.54 Å². The van der Waals surface area contributed by atoms with Gasteiger partial charge in [0.05, 0.1) is 5.56 Å². The third-order valence-corrected chi connectivity index (χ3v) is 4.25. The average molecular weight is 281 g/mol. The second-order valence-corrected chi connectivity index (χ2v) is 5.43. The Labute approximate surface area is 116 Å². The second-order valence-electron chi connectivity index (χ2n) is 4.32. The van der Waals surface area contributed by atoms with E-state index in [2.05, 4.69) is 12.2 Å².